The third kappa shape index (κ3) is 5.18. The Bertz CT molecular complexity index is 1630. The lowest BCUT2D eigenvalue weighted by atomic mass is 10.2. The zero-order valence-corrected chi connectivity index (χ0v) is 19.4. The number of hydrogen-bond acceptors (Lipinski definition) is 7. The summed E-state index contributed by atoms with van der Waals surface area (Å²) in [6.45, 7) is 1.65. The second-order valence-electron chi connectivity index (χ2n) is 7.26. The molecule has 13 heteroatoms. The summed E-state index contributed by atoms with van der Waals surface area (Å²) in [6.07, 6.45) is 0.944. The minimum absolute atomic E-state index is 0.0985. The number of aryl methyl sites for hydroxylation is 1. The number of H-pyrrole nitrogens is 1. The van der Waals surface area contributed by atoms with Gasteiger partial charge in [-0.3, -0.25) is 14.5 Å². The largest absolute Gasteiger partial charge is 0.506 e. The molecule has 0 aliphatic heterocycles. The molecule has 0 spiro atoms. The van der Waals surface area contributed by atoms with Gasteiger partial charge in [0.1, 0.15) is 29.3 Å². The Balaban J connectivity index is 1.64. The second-order valence-corrected chi connectivity index (χ2v) is 9.35. The fraction of sp³-hybridized carbons (Fsp3) is 0.0455. The summed E-state index contributed by atoms with van der Waals surface area (Å²) in [5, 5.41) is 14.0. The van der Waals surface area contributed by atoms with Crippen LogP contribution in [0.3, 0.4) is 0 Å². The standard InChI is InChI=1S/C22H16ClFN4O6S/c1-12-8-14(28-22(31)26-20(30)11-25-28)9-17(23)21(12)34-15-4-7-19(29)18(10-15)27-35(32,33)16-5-2-13(24)3-6-16/h2-11,27,29H,1H3,(H,26,30,31). The molecule has 0 unspecified atom stereocenters. The number of sulfonamides is 1. The Morgan fingerprint density at radius 2 is 1.83 bits per heavy atom. The smallest absolute Gasteiger partial charge is 0.349 e. The number of rotatable bonds is 6. The minimum Gasteiger partial charge on any atom is -0.506 e. The van der Waals surface area contributed by atoms with Gasteiger partial charge in [-0.25, -0.2) is 17.6 Å². The maximum Gasteiger partial charge on any atom is 0.349 e. The lowest BCUT2D eigenvalue weighted by molar-refractivity contribution is 0.465. The first-order valence-corrected chi connectivity index (χ1v) is 11.7. The van der Waals surface area contributed by atoms with Gasteiger partial charge in [0.2, 0.25) is 0 Å². The van der Waals surface area contributed by atoms with Crippen LogP contribution in [0, 0.1) is 12.7 Å². The topological polar surface area (TPSA) is 143 Å². The van der Waals surface area contributed by atoms with Gasteiger partial charge in [-0.1, -0.05) is 11.6 Å². The van der Waals surface area contributed by atoms with E-state index in [1.54, 1.807) is 13.0 Å². The summed E-state index contributed by atoms with van der Waals surface area (Å²) < 4.78 is 47.3. The molecule has 1 aromatic heterocycles. The number of aromatic amines is 1. The summed E-state index contributed by atoms with van der Waals surface area (Å²) in [5.74, 6) is -0.631. The van der Waals surface area contributed by atoms with Crippen molar-refractivity contribution in [3.8, 4) is 22.9 Å². The van der Waals surface area contributed by atoms with E-state index in [0.717, 1.165) is 35.1 Å². The quantitative estimate of drug-likeness (QED) is 0.332. The molecule has 0 aliphatic rings. The van der Waals surface area contributed by atoms with Crippen LogP contribution in [-0.4, -0.2) is 28.3 Å². The molecule has 0 atom stereocenters. The molecule has 3 aromatic carbocycles. The molecular formula is C22H16ClFN4O6S. The van der Waals surface area contributed by atoms with Crippen LogP contribution in [0.5, 0.6) is 17.2 Å². The van der Waals surface area contributed by atoms with Gasteiger partial charge in [-0.05, 0) is 61.0 Å². The highest BCUT2D eigenvalue weighted by atomic mass is 35.5. The van der Waals surface area contributed by atoms with Crippen molar-refractivity contribution in [3.63, 3.8) is 0 Å². The molecule has 4 aromatic rings. The molecule has 0 aliphatic carbocycles. The first kappa shape index (κ1) is 24.0. The van der Waals surface area contributed by atoms with E-state index < -0.39 is 27.1 Å². The van der Waals surface area contributed by atoms with Gasteiger partial charge in [-0.2, -0.15) is 9.78 Å². The SMILES string of the molecule is Cc1cc(-n2ncc(=O)[nH]c2=O)cc(Cl)c1Oc1ccc(O)c(NS(=O)(=O)c2ccc(F)cc2)c1. The lowest BCUT2D eigenvalue weighted by Gasteiger charge is -2.15. The van der Waals surface area contributed by atoms with E-state index in [0.29, 0.717) is 5.56 Å². The zero-order valence-electron chi connectivity index (χ0n) is 17.8. The fourth-order valence-corrected chi connectivity index (χ4v) is 4.46. The monoisotopic (exact) mass is 518 g/mol. The van der Waals surface area contributed by atoms with Crippen molar-refractivity contribution in [3.05, 3.63) is 98.0 Å². The fourth-order valence-electron chi connectivity index (χ4n) is 3.10. The average molecular weight is 519 g/mol. The number of halogens is 2. The number of benzene rings is 3. The number of aromatic nitrogens is 3. The first-order valence-electron chi connectivity index (χ1n) is 9.82. The highest BCUT2D eigenvalue weighted by Gasteiger charge is 2.18. The summed E-state index contributed by atoms with van der Waals surface area (Å²) >= 11 is 6.36. The molecule has 0 saturated carbocycles. The molecule has 0 amide bonds. The van der Waals surface area contributed by atoms with Crippen LogP contribution in [-0.2, 0) is 10.0 Å². The summed E-state index contributed by atoms with van der Waals surface area (Å²) in [6, 6.07) is 11.0. The molecular weight excluding hydrogens is 503 g/mol. The van der Waals surface area contributed by atoms with Crippen LogP contribution in [0.15, 0.2) is 75.3 Å². The van der Waals surface area contributed by atoms with E-state index in [2.05, 4.69) is 14.8 Å². The van der Waals surface area contributed by atoms with Crippen molar-refractivity contribution < 1.29 is 22.7 Å². The number of ether oxygens (including phenoxy) is 1. The number of hydrogen-bond donors (Lipinski definition) is 3. The predicted octanol–water partition coefficient (Wildman–Crippen LogP) is 3.32. The van der Waals surface area contributed by atoms with E-state index in [1.807, 2.05) is 0 Å². The Labute approximate surface area is 202 Å². The third-order valence-corrected chi connectivity index (χ3v) is 6.39. The summed E-state index contributed by atoms with van der Waals surface area (Å²) in [7, 11) is -4.12. The van der Waals surface area contributed by atoms with E-state index in [9.17, 15) is 27.5 Å². The number of nitrogens with zero attached hydrogens (tertiary/aromatic N) is 2. The van der Waals surface area contributed by atoms with Crippen molar-refractivity contribution in [2.45, 2.75) is 11.8 Å². The zero-order chi connectivity index (χ0) is 25.3. The molecule has 0 fully saturated rings. The maximum atomic E-state index is 13.1. The first-order chi connectivity index (χ1) is 16.5. The molecule has 4 rings (SSSR count). The van der Waals surface area contributed by atoms with Crippen molar-refractivity contribution in [1.29, 1.82) is 0 Å². The molecule has 10 nitrogen and oxygen atoms in total. The minimum atomic E-state index is -4.12. The summed E-state index contributed by atoms with van der Waals surface area (Å²) in [4.78, 5) is 25.1. The molecule has 35 heavy (non-hydrogen) atoms. The van der Waals surface area contributed by atoms with Gasteiger partial charge in [-0.15, -0.1) is 0 Å². The molecule has 0 bridgehead atoms. The number of nitrogens with one attached hydrogen (secondary N) is 2. The summed E-state index contributed by atoms with van der Waals surface area (Å²) in [5.41, 5.74) is -0.805. The van der Waals surface area contributed by atoms with Gasteiger partial charge < -0.3 is 9.84 Å². The number of aromatic hydroxyl groups is 1. The van der Waals surface area contributed by atoms with Gasteiger partial charge in [0.25, 0.3) is 15.6 Å². The van der Waals surface area contributed by atoms with Gasteiger partial charge in [0, 0.05) is 6.07 Å². The lowest BCUT2D eigenvalue weighted by Crippen LogP contribution is -2.30. The van der Waals surface area contributed by atoms with Gasteiger partial charge >= 0.3 is 5.69 Å². The highest BCUT2D eigenvalue weighted by molar-refractivity contribution is 7.92. The van der Waals surface area contributed by atoms with E-state index in [4.69, 9.17) is 16.3 Å². The number of phenolic OH excluding ortho intramolecular Hbond substituents is 1. The molecule has 180 valence electrons. The Kier molecular flexibility index (Phi) is 6.33. The van der Waals surface area contributed by atoms with Gasteiger partial charge in [0.05, 0.1) is 21.3 Å². The van der Waals surface area contributed by atoms with E-state index in [-0.39, 0.29) is 38.5 Å². The van der Waals surface area contributed by atoms with E-state index >= 15 is 0 Å². The number of phenols is 1. The predicted molar refractivity (Wildman–Crippen MR) is 126 cm³/mol. The molecule has 1 heterocycles. The van der Waals surface area contributed by atoms with Crippen LogP contribution in [0.2, 0.25) is 5.02 Å². The molecule has 0 radical (unpaired) electrons. The van der Waals surface area contributed by atoms with Gasteiger partial charge in [0.15, 0.2) is 0 Å². The molecule has 0 saturated heterocycles. The van der Waals surface area contributed by atoms with Crippen molar-refractivity contribution in [1.82, 2.24) is 14.8 Å². The van der Waals surface area contributed by atoms with Crippen LogP contribution in [0.4, 0.5) is 10.1 Å². The van der Waals surface area contributed by atoms with Crippen molar-refractivity contribution in [2.24, 2.45) is 0 Å². The van der Waals surface area contributed by atoms with Crippen molar-refractivity contribution >= 4 is 27.3 Å². The second kappa shape index (κ2) is 9.24. The molecule has 3 N–H and O–H groups in total. The van der Waals surface area contributed by atoms with E-state index in [1.165, 1.54) is 24.3 Å². The maximum absolute atomic E-state index is 13.1. The van der Waals surface area contributed by atoms with Crippen LogP contribution in [0.25, 0.3) is 5.69 Å². The van der Waals surface area contributed by atoms with Crippen molar-refractivity contribution in [2.75, 3.05) is 4.72 Å². The van der Waals surface area contributed by atoms with Crippen LogP contribution < -0.4 is 20.7 Å². The average Bonchev–Trinajstić information content (AvgIpc) is 2.78. The normalized spacial score (nSPS) is 11.3. The number of anilines is 1. The Morgan fingerprint density at radius 1 is 1.11 bits per heavy atom. The Hall–Kier alpha value is -4.16. The highest BCUT2D eigenvalue weighted by Crippen LogP contribution is 2.37. The third-order valence-electron chi connectivity index (χ3n) is 4.73. The van der Waals surface area contributed by atoms with Crippen LogP contribution >= 0.6 is 11.6 Å². The Morgan fingerprint density at radius 3 is 2.49 bits per heavy atom. The van der Waals surface area contributed by atoms with Crippen LogP contribution in [0.1, 0.15) is 5.56 Å².